The third-order valence-electron chi connectivity index (χ3n) is 2.85. The van der Waals surface area contributed by atoms with Crippen LogP contribution < -0.4 is 4.74 Å². The number of hydrogen-bond donors (Lipinski definition) is 0. The molecule has 0 unspecified atom stereocenters. The SMILES string of the molecule is O=[N+]([O-])c1ccc(Oc2ccnc(-c3ccncc3)c2)cn1. The monoisotopic (exact) mass is 294 g/mol. The Bertz CT molecular complexity index is 791. The van der Waals surface area contributed by atoms with Crippen LogP contribution in [0.5, 0.6) is 11.5 Å². The zero-order valence-corrected chi connectivity index (χ0v) is 11.3. The van der Waals surface area contributed by atoms with Gasteiger partial charge in [0.15, 0.2) is 11.9 Å². The van der Waals surface area contributed by atoms with Gasteiger partial charge in [0.25, 0.3) is 0 Å². The van der Waals surface area contributed by atoms with Crippen molar-refractivity contribution in [2.75, 3.05) is 0 Å². The molecule has 0 saturated heterocycles. The molecule has 3 aromatic heterocycles. The molecule has 0 aliphatic carbocycles. The molecule has 7 heteroatoms. The lowest BCUT2D eigenvalue weighted by atomic mass is 10.2. The van der Waals surface area contributed by atoms with Gasteiger partial charge in [-0.1, -0.05) is 0 Å². The standard InChI is InChI=1S/C15H10N4O3/c20-19(21)15-2-1-13(10-18-15)22-12-5-8-17-14(9-12)11-3-6-16-7-4-11/h1-10H. The molecule has 0 aliphatic heterocycles. The molecule has 0 radical (unpaired) electrons. The Morgan fingerprint density at radius 3 is 2.45 bits per heavy atom. The van der Waals surface area contributed by atoms with E-state index in [1.54, 1.807) is 30.7 Å². The van der Waals surface area contributed by atoms with E-state index in [1.165, 1.54) is 18.3 Å². The Morgan fingerprint density at radius 2 is 1.77 bits per heavy atom. The molecule has 22 heavy (non-hydrogen) atoms. The average molecular weight is 294 g/mol. The van der Waals surface area contributed by atoms with E-state index < -0.39 is 4.92 Å². The van der Waals surface area contributed by atoms with Crippen molar-refractivity contribution in [1.29, 1.82) is 0 Å². The summed E-state index contributed by atoms with van der Waals surface area (Å²) in [6, 6.07) is 9.96. The Labute approximate surface area is 125 Å². The molecule has 108 valence electrons. The molecule has 3 heterocycles. The van der Waals surface area contributed by atoms with Gasteiger partial charge in [0, 0.05) is 36.3 Å². The number of ether oxygens (including phenoxy) is 1. The van der Waals surface area contributed by atoms with E-state index in [1.807, 2.05) is 12.1 Å². The molecular formula is C15H10N4O3. The van der Waals surface area contributed by atoms with Crippen LogP contribution in [0.1, 0.15) is 0 Å². The van der Waals surface area contributed by atoms with Crippen molar-refractivity contribution in [2.24, 2.45) is 0 Å². The Kier molecular flexibility index (Phi) is 3.69. The summed E-state index contributed by atoms with van der Waals surface area (Å²) in [5, 5.41) is 10.6. The highest BCUT2D eigenvalue weighted by Gasteiger charge is 2.08. The summed E-state index contributed by atoms with van der Waals surface area (Å²) in [5.41, 5.74) is 1.66. The fourth-order valence-corrected chi connectivity index (χ4v) is 1.83. The lowest BCUT2D eigenvalue weighted by molar-refractivity contribution is -0.389. The van der Waals surface area contributed by atoms with Gasteiger partial charge >= 0.3 is 5.82 Å². The van der Waals surface area contributed by atoms with Gasteiger partial charge in [0.2, 0.25) is 0 Å². The van der Waals surface area contributed by atoms with Crippen LogP contribution in [0.3, 0.4) is 0 Å². The van der Waals surface area contributed by atoms with Gasteiger partial charge in [-0.05, 0) is 34.2 Å². The van der Waals surface area contributed by atoms with Crippen LogP contribution in [-0.2, 0) is 0 Å². The van der Waals surface area contributed by atoms with Crippen molar-refractivity contribution in [1.82, 2.24) is 15.0 Å². The van der Waals surface area contributed by atoms with Crippen molar-refractivity contribution in [2.45, 2.75) is 0 Å². The van der Waals surface area contributed by atoms with Gasteiger partial charge in [0.05, 0.1) is 5.69 Å². The second kappa shape index (κ2) is 5.96. The molecule has 0 bridgehead atoms. The highest BCUT2D eigenvalue weighted by atomic mass is 16.6. The summed E-state index contributed by atoms with van der Waals surface area (Å²) in [6.45, 7) is 0. The van der Waals surface area contributed by atoms with Crippen molar-refractivity contribution in [3.63, 3.8) is 0 Å². The van der Waals surface area contributed by atoms with Gasteiger partial charge in [-0.3, -0.25) is 9.97 Å². The molecular weight excluding hydrogens is 284 g/mol. The molecule has 0 aromatic carbocycles. The van der Waals surface area contributed by atoms with Crippen LogP contribution in [0, 0.1) is 10.1 Å². The maximum absolute atomic E-state index is 10.6. The molecule has 0 amide bonds. The normalized spacial score (nSPS) is 10.2. The first kappa shape index (κ1) is 13.6. The van der Waals surface area contributed by atoms with E-state index in [2.05, 4.69) is 15.0 Å². The first-order chi connectivity index (χ1) is 10.7. The largest absolute Gasteiger partial charge is 0.453 e. The second-order valence-corrected chi connectivity index (χ2v) is 4.32. The van der Waals surface area contributed by atoms with E-state index >= 15 is 0 Å². The quantitative estimate of drug-likeness (QED) is 0.542. The predicted octanol–water partition coefficient (Wildman–Crippen LogP) is 3.24. The van der Waals surface area contributed by atoms with Crippen LogP contribution >= 0.6 is 0 Å². The maximum atomic E-state index is 10.6. The number of nitrogens with zero attached hydrogens (tertiary/aromatic N) is 4. The zero-order chi connectivity index (χ0) is 15.4. The van der Waals surface area contributed by atoms with E-state index in [0.29, 0.717) is 11.5 Å². The molecule has 7 nitrogen and oxygen atoms in total. The third-order valence-corrected chi connectivity index (χ3v) is 2.85. The van der Waals surface area contributed by atoms with Crippen LogP contribution in [0.4, 0.5) is 5.82 Å². The summed E-state index contributed by atoms with van der Waals surface area (Å²) in [4.78, 5) is 21.9. The Morgan fingerprint density at radius 1 is 0.955 bits per heavy atom. The summed E-state index contributed by atoms with van der Waals surface area (Å²) in [6.07, 6.45) is 6.31. The topological polar surface area (TPSA) is 91.0 Å². The lowest BCUT2D eigenvalue weighted by Crippen LogP contribution is -1.92. The van der Waals surface area contributed by atoms with Crippen molar-refractivity contribution in [3.8, 4) is 22.8 Å². The van der Waals surface area contributed by atoms with Crippen LogP contribution in [0.25, 0.3) is 11.3 Å². The Hall–Kier alpha value is -3.35. The van der Waals surface area contributed by atoms with Crippen LogP contribution in [-0.4, -0.2) is 19.9 Å². The predicted molar refractivity (Wildman–Crippen MR) is 78.4 cm³/mol. The van der Waals surface area contributed by atoms with E-state index in [9.17, 15) is 10.1 Å². The summed E-state index contributed by atoms with van der Waals surface area (Å²) in [5.74, 6) is 0.759. The van der Waals surface area contributed by atoms with Crippen LogP contribution in [0.2, 0.25) is 0 Å². The van der Waals surface area contributed by atoms with Gasteiger partial charge in [-0.15, -0.1) is 0 Å². The fraction of sp³-hybridized carbons (Fsp3) is 0. The molecule has 0 atom stereocenters. The number of aromatic nitrogens is 3. The smallest absolute Gasteiger partial charge is 0.363 e. The first-order valence-corrected chi connectivity index (χ1v) is 6.37. The number of nitro groups is 1. The van der Waals surface area contributed by atoms with Gasteiger partial charge in [0.1, 0.15) is 5.75 Å². The fourth-order valence-electron chi connectivity index (χ4n) is 1.83. The maximum Gasteiger partial charge on any atom is 0.363 e. The minimum atomic E-state index is -0.558. The van der Waals surface area contributed by atoms with Crippen molar-refractivity contribution >= 4 is 5.82 Å². The summed E-state index contributed by atoms with van der Waals surface area (Å²) >= 11 is 0. The first-order valence-electron chi connectivity index (χ1n) is 6.37. The van der Waals surface area contributed by atoms with Gasteiger partial charge in [-0.25, -0.2) is 0 Å². The molecule has 0 saturated carbocycles. The molecule has 0 aliphatic rings. The number of pyridine rings is 3. The summed E-state index contributed by atoms with van der Waals surface area (Å²) < 4.78 is 5.63. The van der Waals surface area contributed by atoms with E-state index in [0.717, 1.165) is 11.3 Å². The Balaban J connectivity index is 1.82. The van der Waals surface area contributed by atoms with Gasteiger partial charge in [-0.2, -0.15) is 0 Å². The molecule has 3 aromatic rings. The van der Waals surface area contributed by atoms with Gasteiger partial charge < -0.3 is 14.9 Å². The van der Waals surface area contributed by atoms with Crippen LogP contribution in [0.15, 0.2) is 61.2 Å². The second-order valence-electron chi connectivity index (χ2n) is 4.32. The average Bonchev–Trinajstić information content (AvgIpc) is 2.56. The van der Waals surface area contributed by atoms with Crippen molar-refractivity contribution < 1.29 is 9.66 Å². The van der Waals surface area contributed by atoms with Crippen molar-refractivity contribution in [3.05, 3.63) is 71.3 Å². The minimum absolute atomic E-state index is 0.223. The molecule has 0 fully saturated rings. The number of hydrogen-bond acceptors (Lipinski definition) is 6. The van der Waals surface area contributed by atoms with E-state index in [-0.39, 0.29) is 5.82 Å². The number of rotatable bonds is 4. The summed E-state index contributed by atoms with van der Waals surface area (Å²) in [7, 11) is 0. The molecule has 3 rings (SSSR count). The van der Waals surface area contributed by atoms with E-state index in [4.69, 9.17) is 4.74 Å². The lowest BCUT2D eigenvalue weighted by Gasteiger charge is -2.06. The minimum Gasteiger partial charge on any atom is -0.453 e. The highest BCUT2D eigenvalue weighted by molar-refractivity contribution is 5.59. The molecule has 0 N–H and O–H groups in total. The zero-order valence-electron chi connectivity index (χ0n) is 11.3. The third kappa shape index (κ3) is 3.04. The molecule has 0 spiro atoms. The highest BCUT2D eigenvalue weighted by Crippen LogP contribution is 2.25.